The summed E-state index contributed by atoms with van der Waals surface area (Å²) in [7, 11) is -0.0728. The molecule has 2 nitrogen and oxygen atoms in total. The van der Waals surface area contributed by atoms with Crippen molar-refractivity contribution in [2.24, 2.45) is 0 Å². The van der Waals surface area contributed by atoms with Crippen LogP contribution in [0.15, 0.2) is 30.3 Å². The van der Waals surface area contributed by atoms with Crippen molar-refractivity contribution in [1.29, 1.82) is 0 Å². The Bertz CT molecular complexity index is 447. The number of aromatic nitrogens is 1. The number of benzene rings is 1. The summed E-state index contributed by atoms with van der Waals surface area (Å²) in [4.78, 5) is 4.15. The minimum absolute atomic E-state index is 0.0728. The fourth-order valence-electron chi connectivity index (χ4n) is 1.25. The van der Waals surface area contributed by atoms with E-state index >= 15 is 0 Å². The molecule has 2 rings (SSSR count). The van der Waals surface area contributed by atoms with Crippen molar-refractivity contribution in [3.05, 3.63) is 35.5 Å². The van der Waals surface area contributed by atoms with E-state index in [0.29, 0.717) is 10.6 Å². The maximum absolute atomic E-state index is 8.95. The van der Waals surface area contributed by atoms with Gasteiger partial charge >= 0.3 is 7.48 Å². The van der Waals surface area contributed by atoms with E-state index in [4.69, 9.17) is 16.6 Å². The third-order valence-corrected chi connectivity index (χ3v) is 2.25. The first-order valence-electron chi connectivity index (χ1n) is 3.96. The second-order valence-corrected chi connectivity index (χ2v) is 3.15. The maximum atomic E-state index is 8.95. The van der Waals surface area contributed by atoms with E-state index in [-0.39, 0.29) is 7.48 Å². The molecular formula is C9H7BClNO. The summed E-state index contributed by atoms with van der Waals surface area (Å²) in [6, 6.07) is 9.52. The lowest BCUT2D eigenvalue weighted by molar-refractivity contribution is 0.615. The molecule has 0 aliphatic heterocycles. The van der Waals surface area contributed by atoms with Crippen molar-refractivity contribution in [2.45, 2.75) is 0 Å². The summed E-state index contributed by atoms with van der Waals surface area (Å²) in [5.74, 6) is 0. The summed E-state index contributed by atoms with van der Waals surface area (Å²) in [5, 5.41) is 10.3. The van der Waals surface area contributed by atoms with Gasteiger partial charge in [0.15, 0.2) is 0 Å². The zero-order chi connectivity index (χ0) is 9.26. The van der Waals surface area contributed by atoms with Gasteiger partial charge in [0.2, 0.25) is 0 Å². The topological polar surface area (TPSA) is 33.1 Å². The van der Waals surface area contributed by atoms with E-state index in [9.17, 15) is 0 Å². The van der Waals surface area contributed by atoms with Crippen LogP contribution in [-0.2, 0) is 0 Å². The zero-order valence-corrected chi connectivity index (χ0v) is 7.62. The number of nitrogens with zero attached hydrogens (tertiary/aromatic N) is 1. The molecule has 0 saturated carbocycles. The Morgan fingerprint density at radius 2 is 2.08 bits per heavy atom. The average Bonchev–Trinajstić information content (AvgIpc) is 2.17. The second-order valence-electron chi connectivity index (χ2n) is 2.79. The molecule has 4 heteroatoms. The molecule has 0 bridgehead atoms. The minimum atomic E-state index is -0.0728. The molecule has 1 aromatic carbocycles. The van der Waals surface area contributed by atoms with Crippen LogP contribution in [0.25, 0.3) is 10.9 Å². The minimum Gasteiger partial charge on any atom is -0.449 e. The van der Waals surface area contributed by atoms with E-state index in [0.717, 1.165) is 10.9 Å². The molecular weight excluding hydrogens is 184 g/mol. The average molecular weight is 191 g/mol. The van der Waals surface area contributed by atoms with Crippen molar-refractivity contribution in [3.63, 3.8) is 0 Å². The predicted molar refractivity (Wildman–Crippen MR) is 55.8 cm³/mol. The molecule has 0 aliphatic rings. The smallest absolute Gasteiger partial charge is 0.307 e. The summed E-state index contributed by atoms with van der Waals surface area (Å²) in [6.45, 7) is 0. The number of halogens is 1. The number of hydrogen-bond acceptors (Lipinski definition) is 2. The van der Waals surface area contributed by atoms with Gasteiger partial charge < -0.3 is 5.02 Å². The van der Waals surface area contributed by atoms with Gasteiger partial charge in [-0.1, -0.05) is 35.9 Å². The van der Waals surface area contributed by atoms with Crippen LogP contribution in [-0.4, -0.2) is 17.5 Å². The Hall–Kier alpha value is -1.06. The predicted octanol–water partition coefficient (Wildman–Crippen LogP) is 0.857. The van der Waals surface area contributed by atoms with Crippen molar-refractivity contribution in [1.82, 2.24) is 4.98 Å². The lowest BCUT2D eigenvalue weighted by Crippen LogP contribution is -2.15. The summed E-state index contributed by atoms with van der Waals surface area (Å²) >= 11 is 5.83. The van der Waals surface area contributed by atoms with E-state index in [1.54, 1.807) is 0 Å². The van der Waals surface area contributed by atoms with Crippen molar-refractivity contribution in [2.75, 3.05) is 0 Å². The van der Waals surface area contributed by atoms with Gasteiger partial charge in [0.05, 0.1) is 5.52 Å². The van der Waals surface area contributed by atoms with Crippen LogP contribution in [0.3, 0.4) is 0 Å². The van der Waals surface area contributed by atoms with Gasteiger partial charge in [-0.15, -0.1) is 0 Å². The monoisotopic (exact) mass is 191 g/mol. The van der Waals surface area contributed by atoms with Crippen molar-refractivity contribution < 1.29 is 5.02 Å². The Kier molecular flexibility index (Phi) is 2.21. The first-order chi connectivity index (χ1) is 6.31. The van der Waals surface area contributed by atoms with Gasteiger partial charge in [0.25, 0.3) is 0 Å². The van der Waals surface area contributed by atoms with Crippen LogP contribution in [0.1, 0.15) is 0 Å². The number of pyridine rings is 1. The molecule has 0 unspecified atom stereocenters. The molecule has 0 spiro atoms. The molecule has 0 atom stereocenters. The van der Waals surface area contributed by atoms with Gasteiger partial charge in [-0.05, 0) is 16.9 Å². The normalized spacial score (nSPS) is 10.3. The molecule has 2 aromatic rings. The standard InChI is InChI=1S/C9H7BClNO/c11-9-7(10-13)5-6-3-1-2-4-8(6)12-9/h1-5,10,13H. The number of fused-ring (bicyclic) bond motifs is 1. The fraction of sp³-hybridized carbons (Fsp3) is 0. The third-order valence-electron chi connectivity index (χ3n) is 1.92. The molecule has 0 amide bonds. The molecule has 0 fully saturated rings. The van der Waals surface area contributed by atoms with Crippen LogP contribution in [0.5, 0.6) is 0 Å². The van der Waals surface area contributed by atoms with Crippen LogP contribution in [0.4, 0.5) is 0 Å². The Labute approximate surface area is 81.5 Å². The molecule has 0 radical (unpaired) electrons. The van der Waals surface area contributed by atoms with Crippen LogP contribution in [0.2, 0.25) is 5.15 Å². The fourth-order valence-corrected chi connectivity index (χ4v) is 1.45. The first kappa shape index (κ1) is 8.54. The maximum Gasteiger partial charge on any atom is 0.307 e. The highest BCUT2D eigenvalue weighted by atomic mass is 35.5. The molecule has 13 heavy (non-hydrogen) atoms. The summed E-state index contributed by atoms with van der Waals surface area (Å²) < 4.78 is 0. The highest BCUT2D eigenvalue weighted by Crippen LogP contribution is 2.12. The number of hydrogen-bond donors (Lipinski definition) is 1. The Balaban J connectivity index is 2.74. The van der Waals surface area contributed by atoms with Gasteiger partial charge in [0.1, 0.15) is 5.15 Å². The van der Waals surface area contributed by atoms with Crippen molar-refractivity contribution >= 4 is 35.4 Å². The van der Waals surface area contributed by atoms with E-state index in [1.807, 2.05) is 30.3 Å². The van der Waals surface area contributed by atoms with E-state index < -0.39 is 0 Å². The molecule has 1 heterocycles. The molecule has 0 aliphatic carbocycles. The zero-order valence-electron chi connectivity index (χ0n) is 6.87. The summed E-state index contributed by atoms with van der Waals surface area (Å²) in [5.41, 5.74) is 1.52. The van der Waals surface area contributed by atoms with Gasteiger partial charge in [0, 0.05) is 0 Å². The van der Waals surface area contributed by atoms with Crippen LogP contribution < -0.4 is 5.46 Å². The summed E-state index contributed by atoms with van der Waals surface area (Å²) in [6.07, 6.45) is 0. The lowest BCUT2D eigenvalue weighted by atomic mass is 9.89. The number of para-hydroxylation sites is 1. The third kappa shape index (κ3) is 1.53. The van der Waals surface area contributed by atoms with Gasteiger partial charge in [-0.3, -0.25) is 0 Å². The lowest BCUT2D eigenvalue weighted by Gasteiger charge is -2.01. The molecule has 64 valence electrons. The molecule has 1 aromatic heterocycles. The Morgan fingerprint density at radius 1 is 1.31 bits per heavy atom. The Morgan fingerprint density at radius 3 is 2.85 bits per heavy atom. The van der Waals surface area contributed by atoms with Gasteiger partial charge in [-0.2, -0.15) is 0 Å². The van der Waals surface area contributed by atoms with E-state index in [2.05, 4.69) is 4.98 Å². The van der Waals surface area contributed by atoms with E-state index in [1.165, 1.54) is 0 Å². The molecule has 1 N–H and O–H groups in total. The number of rotatable bonds is 1. The van der Waals surface area contributed by atoms with Crippen LogP contribution in [0, 0.1) is 0 Å². The molecule has 0 saturated heterocycles. The van der Waals surface area contributed by atoms with Gasteiger partial charge in [-0.25, -0.2) is 4.98 Å². The quantitative estimate of drug-likeness (QED) is 0.536. The highest BCUT2D eigenvalue weighted by molar-refractivity contribution is 6.52. The largest absolute Gasteiger partial charge is 0.449 e. The second kappa shape index (κ2) is 3.36. The highest BCUT2D eigenvalue weighted by Gasteiger charge is 2.03. The van der Waals surface area contributed by atoms with Crippen molar-refractivity contribution in [3.8, 4) is 0 Å². The van der Waals surface area contributed by atoms with Crippen LogP contribution >= 0.6 is 11.6 Å². The first-order valence-corrected chi connectivity index (χ1v) is 4.34. The SMILES string of the molecule is OBc1cc2ccccc2nc1Cl.